The van der Waals surface area contributed by atoms with Crippen molar-refractivity contribution in [2.45, 2.75) is 62.9 Å². The van der Waals surface area contributed by atoms with Crippen molar-refractivity contribution >= 4 is 21.8 Å². The van der Waals surface area contributed by atoms with Gasteiger partial charge in [-0.15, -0.1) is 0 Å². The Kier molecular flexibility index (Phi) is 13.0. The molecular formula is C35H45N3O6S. The van der Waals surface area contributed by atoms with Crippen LogP contribution < -0.4 is 10.1 Å². The molecule has 45 heavy (non-hydrogen) atoms. The Morgan fingerprint density at radius 1 is 0.911 bits per heavy atom. The number of aryl methyl sites for hydroxylation is 1. The first-order chi connectivity index (χ1) is 21.8. The smallest absolute Gasteiger partial charge is 0.243 e. The maximum absolute atomic E-state index is 14.0. The van der Waals surface area contributed by atoms with Gasteiger partial charge in [0.05, 0.1) is 12.0 Å². The Balaban J connectivity index is 1.53. The normalized spacial score (nSPS) is 14.2. The van der Waals surface area contributed by atoms with Gasteiger partial charge in [-0.25, -0.2) is 8.42 Å². The van der Waals surface area contributed by atoms with E-state index in [0.717, 1.165) is 29.5 Å². The lowest BCUT2D eigenvalue weighted by Gasteiger charge is -2.32. The van der Waals surface area contributed by atoms with Crippen molar-refractivity contribution < 1.29 is 27.5 Å². The molecule has 3 aromatic rings. The maximum atomic E-state index is 14.0. The van der Waals surface area contributed by atoms with Crippen molar-refractivity contribution in [3.8, 4) is 5.75 Å². The third kappa shape index (κ3) is 9.88. The fraction of sp³-hybridized carbons (Fsp3) is 0.429. The van der Waals surface area contributed by atoms with Crippen LogP contribution in [-0.4, -0.2) is 75.4 Å². The first-order valence-corrected chi connectivity index (χ1v) is 17.2. The van der Waals surface area contributed by atoms with Gasteiger partial charge in [-0.1, -0.05) is 54.6 Å². The molecule has 0 saturated carbocycles. The number of methoxy groups -OCH3 is 1. The maximum Gasteiger partial charge on any atom is 0.243 e. The van der Waals surface area contributed by atoms with Crippen molar-refractivity contribution in [2.24, 2.45) is 0 Å². The van der Waals surface area contributed by atoms with Gasteiger partial charge in [0.15, 0.2) is 0 Å². The highest BCUT2D eigenvalue weighted by Crippen LogP contribution is 2.22. The number of ether oxygens (including phenoxy) is 2. The molecule has 0 spiro atoms. The number of nitrogens with zero attached hydrogens (tertiary/aromatic N) is 2. The van der Waals surface area contributed by atoms with Crippen LogP contribution >= 0.6 is 0 Å². The molecule has 0 aromatic heterocycles. The summed E-state index contributed by atoms with van der Waals surface area (Å²) in [5.41, 5.74) is 2.69. The number of nitrogens with one attached hydrogen (secondary N) is 1. The third-order valence-corrected chi connectivity index (χ3v) is 9.92. The fourth-order valence-electron chi connectivity index (χ4n) is 5.43. The van der Waals surface area contributed by atoms with Crippen LogP contribution in [0.5, 0.6) is 5.75 Å². The van der Waals surface area contributed by atoms with Gasteiger partial charge in [0.25, 0.3) is 0 Å². The van der Waals surface area contributed by atoms with Crippen molar-refractivity contribution in [1.29, 1.82) is 0 Å². The molecular weight excluding hydrogens is 590 g/mol. The Hall–Kier alpha value is -3.73. The molecule has 1 aliphatic heterocycles. The van der Waals surface area contributed by atoms with Gasteiger partial charge in [-0.05, 0) is 73.6 Å². The molecule has 1 atom stereocenters. The zero-order chi connectivity index (χ0) is 32.1. The molecule has 1 fully saturated rings. The quantitative estimate of drug-likeness (QED) is 0.218. The van der Waals surface area contributed by atoms with Crippen LogP contribution in [0.1, 0.15) is 49.3 Å². The summed E-state index contributed by atoms with van der Waals surface area (Å²) in [6, 6.07) is 23.2. The fourth-order valence-corrected chi connectivity index (χ4v) is 6.95. The minimum atomic E-state index is -3.51. The molecule has 2 amide bonds. The van der Waals surface area contributed by atoms with Gasteiger partial charge in [0.2, 0.25) is 21.8 Å². The van der Waals surface area contributed by atoms with Crippen LogP contribution in [0.2, 0.25) is 0 Å². The molecule has 1 aliphatic rings. The van der Waals surface area contributed by atoms with Gasteiger partial charge in [0.1, 0.15) is 11.8 Å². The molecule has 1 unspecified atom stereocenters. The van der Waals surface area contributed by atoms with Crippen molar-refractivity contribution in [2.75, 3.05) is 40.0 Å². The summed E-state index contributed by atoms with van der Waals surface area (Å²) < 4.78 is 38.1. The number of rotatable bonds is 17. The summed E-state index contributed by atoms with van der Waals surface area (Å²) in [5.74, 6) is 0.332. The highest BCUT2D eigenvalue weighted by Gasteiger charge is 2.30. The second kappa shape index (κ2) is 17.1. The van der Waals surface area contributed by atoms with Crippen LogP contribution in [0.25, 0.3) is 0 Å². The van der Waals surface area contributed by atoms with E-state index in [9.17, 15) is 18.0 Å². The first-order valence-electron chi connectivity index (χ1n) is 15.7. The molecule has 4 rings (SSSR count). The van der Waals surface area contributed by atoms with Crippen molar-refractivity contribution in [1.82, 2.24) is 14.5 Å². The monoisotopic (exact) mass is 635 g/mol. The molecule has 1 N–H and O–H groups in total. The molecule has 1 heterocycles. The lowest BCUT2D eigenvalue weighted by Crippen LogP contribution is -2.50. The van der Waals surface area contributed by atoms with Crippen LogP contribution in [0.15, 0.2) is 83.8 Å². The lowest BCUT2D eigenvalue weighted by atomic mass is 10.0. The van der Waals surface area contributed by atoms with E-state index < -0.39 is 16.1 Å². The molecule has 1 saturated heterocycles. The van der Waals surface area contributed by atoms with Crippen molar-refractivity contribution in [3.63, 3.8) is 0 Å². The van der Waals surface area contributed by atoms with E-state index in [4.69, 9.17) is 9.47 Å². The predicted octanol–water partition coefficient (Wildman–Crippen LogP) is 4.60. The topological polar surface area (TPSA) is 105 Å². The zero-order valence-electron chi connectivity index (χ0n) is 26.3. The lowest BCUT2D eigenvalue weighted by molar-refractivity contribution is -0.141. The molecule has 0 bridgehead atoms. The van der Waals surface area contributed by atoms with Gasteiger partial charge < -0.3 is 19.7 Å². The Morgan fingerprint density at radius 2 is 1.58 bits per heavy atom. The number of benzene rings is 3. The highest BCUT2D eigenvalue weighted by molar-refractivity contribution is 7.89. The van der Waals surface area contributed by atoms with E-state index in [2.05, 4.69) is 5.32 Å². The largest absolute Gasteiger partial charge is 0.497 e. The summed E-state index contributed by atoms with van der Waals surface area (Å²) in [5, 5.41) is 3.02. The minimum Gasteiger partial charge on any atom is -0.497 e. The number of sulfonamides is 1. The number of amides is 2. The molecule has 0 radical (unpaired) electrons. The standard InChI is InChI=1S/C35H45N3O6S/c1-3-44-25-9-22-36-35(40)33(26-29-10-5-4-6-11-29)38(27-30-12-17-31(43-2)18-13-30)34(39)21-16-28-14-19-32(20-15-28)45(41,42)37-23-7-8-24-37/h4-6,10-15,17-20,33H,3,7-9,16,21-27H2,1-2H3,(H,36,40). The van der Waals surface area contributed by atoms with Gasteiger partial charge in [0, 0.05) is 52.2 Å². The molecule has 0 aliphatic carbocycles. The average molecular weight is 636 g/mol. The Labute approximate surface area is 267 Å². The van der Waals surface area contributed by atoms with Crippen LogP contribution in [0, 0.1) is 0 Å². The molecule has 3 aromatic carbocycles. The summed E-state index contributed by atoms with van der Waals surface area (Å²) in [4.78, 5) is 29.6. The van der Waals surface area contributed by atoms with E-state index >= 15 is 0 Å². The van der Waals surface area contributed by atoms with Crippen LogP contribution in [0.4, 0.5) is 0 Å². The van der Waals surface area contributed by atoms with E-state index in [0.29, 0.717) is 57.9 Å². The molecule has 10 heteroatoms. The highest BCUT2D eigenvalue weighted by atomic mass is 32.2. The van der Waals surface area contributed by atoms with Gasteiger partial charge in [-0.3, -0.25) is 9.59 Å². The summed E-state index contributed by atoms with van der Waals surface area (Å²) in [7, 11) is -1.90. The zero-order valence-corrected chi connectivity index (χ0v) is 27.1. The van der Waals surface area contributed by atoms with Gasteiger partial charge in [-0.2, -0.15) is 4.31 Å². The van der Waals surface area contributed by atoms with E-state index in [-0.39, 0.29) is 29.7 Å². The average Bonchev–Trinajstić information content (AvgIpc) is 3.62. The molecule has 9 nitrogen and oxygen atoms in total. The summed E-state index contributed by atoms with van der Waals surface area (Å²) in [6.45, 7) is 4.89. The number of hydrogen-bond donors (Lipinski definition) is 1. The Bertz CT molecular complexity index is 1460. The summed E-state index contributed by atoms with van der Waals surface area (Å²) in [6.07, 6.45) is 3.37. The second-order valence-corrected chi connectivity index (χ2v) is 13.1. The number of carbonyl (C=O) groups excluding carboxylic acids is 2. The van der Waals surface area contributed by atoms with E-state index in [1.807, 2.05) is 61.5 Å². The Morgan fingerprint density at radius 3 is 2.22 bits per heavy atom. The first kappa shape index (κ1) is 34.1. The third-order valence-electron chi connectivity index (χ3n) is 8.01. The minimum absolute atomic E-state index is 0.162. The summed E-state index contributed by atoms with van der Waals surface area (Å²) >= 11 is 0. The van der Waals surface area contributed by atoms with E-state index in [1.54, 1.807) is 36.3 Å². The molecule has 242 valence electrons. The van der Waals surface area contributed by atoms with Crippen molar-refractivity contribution in [3.05, 3.63) is 95.6 Å². The SMILES string of the molecule is CCOCCCNC(=O)C(Cc1ccccc1)N(Cc1ccc(OC)cc1)C(=O)CCc1ccc(S(=O)(=O)N2CCCC2)cc1. The van der Waals surface area contributed by atoms with Gasteiger partial charge >= 0.3 is 0 Å². The van der Waals surface area contributed by atoms with E-state index in [1.165, 1.54) is 4.31 Å². The number of carbonyl (C=O) groups is 2. The van der Waals surface area contributed by atoms with Crippen LogP contribution in [-0.2, 0) is 43.7 Å². The second-order valence-electron chi connectivity index (χ2n) is 11.2. The number of hydrogen-bond acceptors (Lipinski definition) is 6. The van der Waals surface area contributed by atoms with Crippen LogP contribution in [0.3, 0.4) is 0 Å². The predicted molar refractivity (Wildman–Crippen MR) is 174 cm³/mol.